The van der Waals surface area contributed by atoms with Gasteiger partial charge in [0.2, 0.25) is 0 Å². The highest BCUT2D eigenvalue weighted by atomic mass is 16.5. The maximum atomic E-state index is 5.57. The summed E-state index contributed by atoms with van der Waals surface area (Å²) >= 11 is 0. The second kappa shape index (κ2) is 9.22. The van der Waals surface area contributed by atoms with Crippen LogP contribution in [0.15, 0.2) is 30.3 Å². The molecule has 0 aliphatic carbocycles. The Balaban J connectivity index is 1.89. The summed E-state index contributed by atoms with van der Waals surface area (Å²) in [7, 11) is 0. The number of nitrogens with one attached hydrogen (secondary N) is 1. The van der Waals surface area contributed by atoms with E-state index in [2.05, 4.69) is 12.2 Å². The van der Waals surface area contributed by atoms with Crippen LogP contribution in [0.4, 0.5) is 0 Å². The Kier molecular flexibility index (Phi) is 7.52. The van der Waals surface area contributed by atoms with Crippen LogP contribution in [0.1, 0.15) is 32.6 Å². The van der Waals surface area contributed by atoms with Gasteiger partial charge in [0.1, 0.15) is 12.4 Å². The van der Waals surface area contributed by atoms with Crippen molar-refractivity contribution in [3.05, 3.63) is 30.3 Å². The third kappa shape index (κ3) is 6.46. The molecular weight excluding hydrogens is 198 g/mol. The highest BCUT2D eigenvalue weighted by Crippen LogP contribution is 2.07. The van der Waals surface area contributed by atoms with Crippen molar-refractivity contribution < 1.29 is 4.74 Å². The smallest absolute Gasteiger partial charge is 0.119 e. The van der Waals surface area contributed by atoms with Crippen LogP contribution in [0, 0.1) is 0 Å². The van der Waals surface area contributed by atoms with Gasteiger partial charge < -0.3 is 10.1 Å². The van der Waals surface area contributed by atoms with Gasteiger partial charge in [0.25, 0.3) is 0 Å². The van der Waals surface area contributed by atoms with E-state index in [1.165, 1.54) is 25.7 Å². The third-order valence-corrected chi connectivity index (χ3v) is 2.50. The first-order valence-electron chi connectivity index (χ1n) is 6.32. The molecule has 0 radical (unpaired) electrons. The topological polar surface area (TPSA) is 21.3 Å². The largest absolute Gasteiger partial charge is 0.492 e. The maximum absolute atomic E-state index is 5.57. The molecule has 0 saturated carbocycles. The lowest BCUT2D eigenvalue weighted by Gasteiger charge is -2.07. The average molecular weight is 221 g/mol. The molecule has 0 aliphatic rings. The third-order valence-electron chi connectivity index (χ3n) is 2.50. The number of hydrogen-bond acceptors (Lipinski definition) is 2. The van der Waals surface area contributed by atoms with E-state index in [1.807, 2.05) is 30.3 Å². The highest BCUT2D eigenvalue weighted by molar-refractivity contribution is 5.20. The molecule has 1 aromatic rings. The summed E-state index contributed by atoms with van der Waals surface area (Å²) in [5, 5.41) is 3.39. The van der Waals surface area contributed by atoms with Gasteiger partial charge in [-0.3, -0.25) is 0 Å². The first kappa shape index (κ1) is 13.0. The molecule has 1 rings (SSSR count). The number of ether oxygens (including phenoxy) is 1. The van der Waals surface area contributed by atoms with E-state index in [1.54, 1.807) is 0 Å². The summed E-state index contributed by atoms with van der Waals surface area (Å²) in [5.74, 6) is 0.954. The van der Waals surface area contributed by atoms with Gasteiger partial charge in [-0.25, -0.2) is 0 Å². The lowest BCUT2D eigenvalue weighted by molar-refractivity contribution is 0.313. The van der Waals surface area contributed by atoms with Crippen LogP contribution in [0.5, 0.6) is 5.75 Å². The van der Waals surface area contributed by atoms with Crippen LogP contribution in [0.3, 0.4) is 0 Å². The quantitative estimate of drug-likeness (QED) is 0.646. The number of rotatable bonds is 9. The molecule has 0 aliphatic heterocycles. The highest BCUT2D eigenvalue weighted by Gasteiger charge is 1.91. The van der Waals surface area contributed by atoms with Crippen molar-refractivity contribution in [3.63, 3.8) is 0 Å². The Morgan fingerprint density at radius 1 is 1.00 bits per heavy atom. The van der Waals surface area contributed by atoms with Gasteiger partial charge >= 0.3 is 0 Å². The zero-order valence-electron chi connectivity index (χ0n) is 10.2. The minimum atomic E-state index is 0.748. The normalized spacial score (nSPS) is 10.3. The molecule has 2 heteroatoms. The first-order valence-corrected chi connectivity index (χ1v) is 6.32. The van der Waals surface area contributed by atoms with Crippen molar-refractivity contribution in [1.82, 2.24) is 5.32 Å². The van der Waals surface area contributed by atoms with Crippen molar-refractivity contribution >= 4 is 0 Å². The Morgan fingerprint density at radius 3 is 2.56 bits per heavy atom. The van der Waals surface area contributed by atoms with Crippen molar-refractivity contribution in [2.45, 2.75) is 32.6 Å². The Labute approximate surface area is 99.0 Å². The molecule has 16 heavy (non-hydrogen) atoms. The van der Waals surface area contributed by atoms with E-state index < -0.39 is 0 Å². The van der Waals surface area contributed by atoms with Crippen LogP contribution in [-0.2, 0) is 0 Å². The zero-order chi connectivity index (χ0) is 11.5. The molecule has 0 aromatic heterocycles. The minimum Gasteiger partial charge on any atom is -0.492 e. The summed E-state index contributed by atoms with van der Waals surface area (Å²) in [5.41, 5.74) is 0. The summed E-state index contributed by atoms with van der Waals surface area (Å²) in [6.07, 6.45) is 5.27. The fraction of sp³-hybridized carbons (Fsp3) is 0.571. The molecule has 1 aromatic carbocycles. The van der Waals surface area contributed by atoms with E-state index >= 15 is 0 Å². The van der Waals surface area contributed by atoms with Crippen LogP contribution in [0.25, 0.3) is 0 Å². The van der Waals surface area contributed by atoms with Gasteiger partial charge in [-0.15, -0.1) is 0 Å². The first-order chi connectivity index (χ1) is 7.93. The van der Waals surface area contributed by atoms with Crippen molar-refractivity contribution in [3.8, 4) is 5.75 Å². The second-order valence-corrected chi connectivity index (χ2v) is 3.97. The predicted octanol–water partition coefficient (Wildman–Crippen LogP) is 3.24. The van der Waals surface area contributed by atoms with Crippen molar-refractivity contribution in [1.29, 1.82) is 0 Å². The number of benzene rings is 1. The monoisotopic (exact) mass is 221 g/mol. The minimum absolute atomic E-state index is 0.748. The molecular formula is C14H23NO. The number of para-hydroxylation sites is 1. The van der Waals surface area contributed by atoms with Gasteiger partial charge in [-0.05, 0) is 25.1 Å². The van der Waals surface area contributed by atoms with E-state index in [0.717, 1.165) is 25.4 Å². The van der Waals surface area contributed by atoms with Gasteiger partial charge in [-0.2, -0.15) is 0 Å². The molecule has 0 atom stereocenters. The summed E-state index contributed by atoms with van der Waals surface area (Å²) in [6.45, 7) is 5.03. The van der Waals surface area contributed by atoms with Crippen LogP contribution in [-0.4, -0.2) is 19.7 Å². The molecule has 0 bridgehead atoms. The fourth-order valence-electron chi connectivity index (χ4n) is 1.56. The van der Waals surface area contributed by atoms with E-state index in [0.29, 0.717) is 0 Å². The van der Waals surface area contributed by atoms with Gasteiger partial charge in [0.05, 0.1) is 0 Å². The Morgan fingerprint density at radius 2 is 1.81 bits per heavy atom. The average Bonchev–Trinajstić information content (AvgIpc) is 2.34. The summed E-state index contributed by atoms with van der Waals surface area (Å²) in [4.78, 5) is 0. The molecule has 0 fully saturated rings. The molecule has 0 spiro atoms. The van der Waals surface area contributed by atoms with Gasteiger partial charge in [0.15, 0.2) is 0 Å². The molecule has 1 N–H and O–H groups in total. The fourth-order valence-corrected chi connectivity index (χ4v) is 1.56. The van der Waals surface area contributed by atoms with Crippen LogP contribution < -0.4 is 10.1 Å². The molecule has 90 valence electrons. The van der Waals surface area contributed by atoms with Crippen LogP contribution >= 0.6 is 0 Å². The standard InChI is InChI=1S/C14H23NO/c1-2-3-4-8-11-15-12-13-16-14-9-6-5-7-10-14/h5-7,9-10,15H,2-4,8,11-13H2,1H3. The lowest BCUT2D eigenvalue weighted by Crippen LogP contribution is -2.22. The van der Waals surface area contributed by atoms with Crippen molar-refractivity contribution in [2.75, 3.05) is 19.7 Å². The molecule has 0 amide bonds. The molecule has 0 unspecified atom stereocenters. The van der Waals surface area contributed by atoms with Gasteiger partial charge in [0, 0.05) is 6.54 Å². The maximum Gasteiger partial charge on any atom is 0.119 e. The van der Waals surface area contributed by atoms with Crippen LogP contribution in [0.2, 0.25) is 0 Å². The van der Waals surface area contributed by atoms with E-state index in [9.17, 15) is 0 Å². The predicted molar refractivity (Wildman–Crippen MR) is 68.9 cm³/mol. The zero-order valence-corrected chi connectivity index (χ0v) is 10.2. The molecule has 0 saturated heterocycles. The molecule has 2 nitrogen and oxygen atoms in total. The van der Waals surface area contributed by atoms with Gasteiger partial charge in [-0.1, -0.05) is 44.4 Å². The SMILES string of the molecule is CCCCCCNCCOc1ccccc1. The lowest BCUT2D eigenvalue weighted by atomic mass is 10.2. The van der Waals surface area contributed by atoms with E-state index in [-0.39, 0.29) is 0 Å². The second-order valence-electron chi connectivity index (χ2n) is 3.97. The Bertz CT molecular complexity index is 248. The van der Waals surface area contributed by atoms with Crippen molar-refractivity contribution in [2.24, 2.45) is 0 Å². The Hall–Kier alpha value is -1.02. The number of hydrogen-bond donors (Lipinski definition) is 1. The number of unbranched alkanes of at least 4 members (excludes halogenated alkanes) is 3. The summed E-state index contributed by atoms with van der Waals surface area (Å²) in [6, 6.07) is 9.96. The van der Waals surface area contributed by atoms with E-state index in [4.69, 9.17) is 4.74 Å². The molecule has 0 heterocycles. The summed E-state index contributed by atoms with van der Waals surface area (Å²) < 4.78 is 5.57.